The fourth-order valence-corrected chi connectivity index (χ4v) is 3.16. The Morgan fingerprint density at radius 1 is 1.00 bits per heavy atom. The van der Waals surface area contributed by atoms with Crippen molar-refractivity contribution in [3.05, 3.63) is 0 Å². The molecule has 0 amide bonds. The zero-order chi connectivity index (χ0) is 13.6. The van der Waals surface area contributed by atoms with Gasteiger partial charge in [-0.3, -0.25) is 0 Å². The minimum Gasteiger partial charge on any atom is -0.307 e. The van der Waals surface area contributed by atoms with Gasteiger partial charge in [0.15, 0.2) is 0 Å². The van der Waals surface area contributed by atoms with Crippen molar-refractivity contribution in [1.29, 1.82) is 21.3 Å². The average Bonchev–Trinajstić information content (AvgIpc) is 2.79. The van der Waals surface area contributed by atoms with Crippen LogP contribution in [-0.4, -0.2) is 24.0 Å². The van der Waals surface area contributed by atoms with Crippen molar-refractivity contribution in [3.8, 4) is 12.1 Å². The molecule has 2 N–H and O–H groups in total. The van der Waals surface area contributed by atoms with Crippen LogP contribution in [0, 0.1) is 56.1 Å². The fraction of sp³-hybridized carbons (Fsp3) is 0.500. The van der Waals surface area contributed by atoms with Gasteiger partial charge in [-0.1, -0.05) is 0 Å². The van der Waals surface area contributed by atoms with E-state index >= 15 is 0 Å². The van der Waals surface area contributed by atoms with Crippen LogP contribution in [0.3, 0.4) is 0 Å². The summed E-state index contributed by atoms with van der Waals surface area (Å²) in [6.07, 6.45) is 1.01. The van der Waals surface area contributed by atoms with Crippen LogP contribution in [0.15, 0.2) is 0 Å². The number of hydrogen-bond donors (Lipinski definition) is 2. The van der Waals surface area contributed by atoms with Gasteiger partial charge in [-0.2, -0.15) is 10.5 Å². The van der Waals surface area contributed by atoms with Gasteiger partial charge in [0.05, 0.1) is 24.0 Å². The molecule has 18 heavy (non-hydrogen) atoms. The summed E-state index contributed by atoms with van der Waals surface area (Å²) in [4.78, 5) is 21.8. The van der Waals surface area contributed by atoms with Crippen LogP contribution in [0.25, 0.3) is 0 Å². The Morgan fingerprint density at radius 3 is 1.56 bits per heavy atom. The van der Waals surface area contributed by atoms with E-state index in [4.69, 9.17) is 10.8 Å². The second-order valence-electron chi connectivity index (χ2n) is 4.76. The second kappa shape index (κ2) is 3.58. The van der Waals surface area contributed by atoms with Gasteiger partial charge in [0.25, 0.3) is 0 Å². The number of hydrogen-bond acceptors (Lipinski definition) is 6. The first-order valence-electron chi connectivity index (χ1n) is 5.44. The molecule has 6 heteroatoms. The van der Waals surface area contributed by atoms with Crippen LogP contribution in [0.1, 0.15) is 12.8 Å². The lowest BCUT2D eigenvalue weighted by atomic mass is 9.69. The van der Waals surface area contributed by atoms with Crippen molar-refractivity contribution in [2.24, 2.45) is 22.7 Å². The van der Waals surface area contributed by atoms with Gasteiger partial charge in [0.2, 0.25) is 0 Å². The van der Waals surface area contributed by atoms with Crippen molar-refractivity contribution in [3.63, 3.8) is 0 Å². The first-order chi connectivity index (χ1) is 8.52. The Labute approximate surface area is 103 Å². The molecular weight excluding hydrogens is 232 g/mol. The largest absolute Gasteiger partial charge is 0.307 e. The summed E-state index contributed by atoms with van der Waals surface area (Å²) in [5.41, 5.74) is -3.24. The van der Waals surface area contributed by atoms with Crippen molar-refractivity contribution >= 4 is 24.0 Å². The van der Waals surface area contributed by atoms with E-state index in [0.717, 1.165) is 0 Å². The minimum atomic E-state index is -1.49. The zero-order valence-electron chi connectivity index (χ0n) is 9.43. The number of aldehydes is 2. The topological polar surface area (TPSA) is 129 Å². The Morgan fingerprint density at radius 2 is 1.33 bits per heavy atom. The first kappa shape index (κ1) is 12.1. The molecule has 2 fully saturated rings. The van der Waals surface area contributed by atoms with Gasteiger partial charge in [-0.15, -0.1) is 0 Å². The Balaban J connectivity index is 2.68. The smallest absolute Gasteiger partial charge is 0.128 e. The van der Waals surface area contributed by atoms with E-state index in [1.54, 1.807) is 0 Å². The second-order valence-corrected chi connectivity index (χ2v) is 4.76. The highest BCUT2D eigenvalue weighted by molar-refractivity contribution is 6.16. The summed E-state index contributed by atoms with van der Waals surface area (Å²) in [6, 6.07) is 3.87. The van der Waals surface area contributed by atoms with E-state index in [1.807, 2.05) is 12.1 Å². The number of rotatable bonds is 2. The van der Waals surface area contributed by atoms with E-state index in [2.05, 4.69) is 0 Å². The average molecular weight is 242 g/mol. The molecule has 2 aliphatic rings. The molecule has 0 radical (unpaired) electrons. The monoisotopic (exact) mass is 242 g/mol. The summed E-state index contributed by atoms with van der Waals surface area (Å²) >= 11 is 0. The SMILES string of the molecule is N#C[C@]12C[C@H](C=O)C(=N)[C@@]1(C#N)CC(C=O)C2=N. The predicted octanol–water partition coefficient (Wildman–Crippen LogP) is 0.483. The summed E-state index contributed by atoms with van der Waals surface area (Å²) in [7, 11) is 0. The molecule has 0 bridgehead atoms. The molecule has 4 atom stereocenters. The molecule has 0 aromatic carbocycles. The molecule has 0 aromatic heterocycles. The van der Waals surface area contributed by atoms with Crippen molar-refractivity contribution in [1.82, 2.24) is 0 Å². The van der Waals surface area contributed by atoms with Crippen molar-refractivity contribution in [2.75, 3.05) is 0 Å². The molecular formula is C12H10N4O2. The third-order valence-electron chi connectivity index (χ3n) is 4.15. The number of nitrogens with one attached hydrogen (secondary N) is 2. The van der Waals surface area contributed by atoms with Crippen molar-refractivity contribution in [2.45, 2.75) is 12.8 Å². The zero-order valence-corrected chi connectivity index (χ0v) is 9.43. The lowest BCUT2D eigenvalue weighted by Crippen LogP contribution is -2.38. The first-order valence-corrected chi connectivity index (χ1v) is 5.44. The number of nitriles is 2. The maximum absolute atomic E-state index is 10.9. The van der Waals surface area contributed by atoms with Gasteiger partial charge >= 0.3 is 0 Å². The standard InChI is InChI=1S/C12H10N4O2/c13-5-11-1-7(3-17)9(15)12(11,6-14)2-8(4-18)10(11)16/h3-4,7-8,15-16H,1-2H2/t7-,8?,11+,12+/m1/s1. The van der Waals surface area contributed by atoms with E-state index in [-0.39, 0.29) is 24.3 Å². The minimum absolute atomic E-state index is 0.0391. The third kappa shape index (κ3) is 1.01. The Bertz CT molecular complexity index is 505. The number of nitrogens with zero attached hydrogens (tertiary/aromatic N) is 2. The highest BCUT2D eigenvalue weighted by atomic mass is 16.1. The molecule has 0 saturated heterocycles. The number of carbonyl (C=O) groups excluding carboxylic acids is 2. The number of carbonyl (C=O) groups is 2. The Kier molecular flexibility index (Phi) is 2.41. The summed E-state index contributed by atoms with van der Waals surface area (Å²) in [6.45, 7) is 0. The van der Waals surface area contributed by atoms with Crippen LogP contribution in [0.5, 0.6) is 0 Å². The molecule has 0 heterocycles. The Hall–Kier alpha value is -2.34. The molecule has 0 aromatic rings. The van der Waals surface area contributed by atoms with E-state index < -0.39 is 22.7 Å². The highest BCUT2D eigenvalue weighted by Crippen LogP contribution is 2.61. The summed E-state index contributed by atoms with van der Waals surface area (Å²) < 4.78 is 0. The maximum Gasteiger partial charge on any atom is 0.128 e. The summed E-state index contributed by atoms with van der Waals surface area (Å²) in [5, 5.41) is 34.6. The van der Waals surface area contributed by atoms with Crippen molar-refractivity contribution < 1.29 is 9.59 Å². The normalized spacial score (nSPS) is 41.9. The molecule has 2 rings (SSSR count). The van der Waals surface area contributed by atoms with Crippen LogP contribution >= 0.6 is 0 Å². The predicted molar refractivity (Wildman–Crippen MR) is 59.9 cm³/mol. The third-order valence-corrected chi connectivity index (χ3v) is 4.15. The molecule has 90 valence electrons. The van der Waals surface area contributed by atoms with Gasteiger partial charge < -0.3 is 20.4 Å². The number of fused-ring (bicyclic) bond motifs is 1. The lowest BCUT2D eigenvalue weighted by Gasteiger charge is -2.27. The fourth-order valence-electron chi connectivity index (χ4n) is 3.16. The summed E-state index contributed by atoms with van der Waals surface area (Å²) in [5.74, 6) is -1.62. The molecule has 2 saturated carbocycles. The lowest BCUT2D eigenvalue weighted by molar-refractivity contribution is -0.110. The van der Waals surface area contributed by atoms with Crippen LogP contribution < -0.4 is 0 Å². The van der Waals surface area contributed by atoms with Crippen LogP contribution in [0.4, 0.5) is 0 Å². The molecule has 1 unspecified atom stereocenters. The van der Waals surface area contributed by atoms with Crippen LogP contribution in [0.2, 0.25) is 0 Å². The highest BCUT2D eigenvalue weighted by Gasteiger charge is 2.71. The van der Waals surface area contributed by atoms with Crippen LogP contribution in [-0.2, 0) is 9.59 Å². The van der Waals surface area contributed by atoms with Gasteiger partial charge in [0, 0.05) is 11.4 Å². The van der Waals surface area contributed by atoms with E-state index in [1.165, 1.54) is 0 Å². The van der Waals surface area contributed by atoms with Gasteiger partial charge in [0.1, 0.15) is 23.4 Å². The quantitative estimate of drug-likeness (QED) is 0.682. The molecule has 2 aliphatic carbocycles. The van der Waals surface area contributed by atoms with Gasteiger partial charge in [-0.25, -0.2) is 0 Å². The van der Waals surface area contributed by atoms with E-state index in [9.17, 15) is 20.1 Å². The molecule has 0 spiro atoms. The maximum atomic E-state index is 10.9. The molecule has 0 aliphatic heterocycles. The van der Waals surface area contributed by atoms with E-state index in [0.29, 0.717) is 12.6 Å². The molecule has 6 nitrogen and oxygen atoms in total. The van der Waals surface area contributed by atoms with Gasteiger partial charge in [-0.05, 0) is 12.8 Å².